The summed E-state index contributed by atoms with van der Waals surface area (Å²) in [7, 11) is 0.804. The van der Waals surface area contributed by atoms with E-state index in [1.807, 2.05) is 0 Å². The number of nitrogens with zero attached hydrogens (tertiary/aromatic N) is 2. The summed E-state index contributed by atoms with van der Waals surface area (Å²) in [4.78, 5) is 36.3. The van der Waals surface area contributed by atoms with Crippen molar-refractivity contribution in [1.82, 2.24) is 9.13 Å². The van der Waals surface area contributed by atoms with Gasteiger partial charge in [0.05, 0.1) is 10.7 Å². The lowest BCUT2D eigenvalue weighted by molar-refractivity contribution is -0.144. The largest absolute Gasteiger partial charge is 0.480 e. The summed E-state index contributed by atoms with van der Waals surface area (Å²) in [5.74, 6) is -2.20. The fraction of sp³-hybridized carbons (Fsp3) is 0.353. The number of halogens is 5. The molecule has 0 atom stereocenters. The van der Waals surface area contributed by atoms with E-state index in [9.17, 15) is 37.1 Å². The van der Waals surface area contributed by atoms with Gasteiger partial charge in [0, 0.05) is 18.0 Å². The smallest absolute Gasteiger partial charge is 0.431 e. The Morgan fingerprint density at radius 2 is 1.86 bits per heavy atom. The highest BCUT2D eigenvalue weighted by atomic mass is 35.5. The molecule has 1 aliphatic carbocycles. The van der Waals surface area contributed by atoms with E-state index in [4.69, 9.17) is 11.6 Å². The zero-order valence-electron chi connectivity index (χ0n) is 14.7. The van der Waals surface area contributed by atoms with Gasteiger partial charge in [-0.2, -0.15) is 13.2 Å². The van der Waals surface area contributed by atoms with Gasteiger partial charge in [0.2, 0.25) is 0 Å². The molecule has 0 bridgehead atoms. The average molecular weight is 453 g/mol. The minimum atomic E-state index is -4.95. The van der Waals surface area contributed by atoms with Gasteiger partial charge in [0.15, 0.2) is 0 Å². The summed E-state index contributed by atoms with van der Waals surface area (Å²) in [6.45, 7) is 0. The Balaban J connectivity index is 2.18. The highest BCUT2D eigenvalue weighted by molar-refractivity contribution is 8.01. The molecule has 1 N–H and O–H groups in total. The van der Waals surface area contributed by atoms with Crippen LogP contribution >= 0.6 is 23.4 Å². The number of carboxylic acid groups (broad SMARTS) is 1. The molecule has 0 radical (unpaired) electrons. The second-order valence-electron chi connectivity index (χ2n) is 6.53. The van der Waals surface area contributed by atoms with Crippen molar-refractivity contribution >= 4 is 29.3 Å². The van der Waals surface area contributed by atoms with Crippen LogP contribution in [0.1, 0.15) is 25.0 Å². The minimum absolute atomic E-state index is 0.0963. The van der Waals surface area contributed by atoms with Crippen LogP contribution < -0.4 is 11.2 Å². The maximum atomic E-state index is 14.5. The van der Waals surface area contributed by atoms with Gasteiger partial charge < -0.3 is 5.11 Å². The molecule has 1 fully saturated rings. The highest BCUT2D eigenvalue weighted by Crippen LogP contribution is 2.49. The summed E-state index contributed by atoms with van der Waals surface area (Å²) >= 11 is 6.85. The second-order valence-corrected chi connectivity index (χ2v) is 8.36. The lowest BCUT2D eigenvalue weighted by Crippen LogP contribution is -2.42. The van der Waals surface area contributed by atoms with Crippen molar-refractivity contribution < 1.29 is 27.5 Å². The molecule has 156 valence electrons. The first kappa shape index (κ1) is 21.4. The molecular weight excluding hydrogens is 440 g/mol. The Morgan fingerprint density at radius 1 is 1.24 bits per heavy atom. The minimum Gasteiger partial charge on any atom is -0.480 e. The third kappa shape index (κ3) is 3.68. The van der Waals surface area contributed by atoms with Crippen molar-refractivity contribution in [2.75, 3.05) is 0 Å². The van der Waals surface area contributed by atoms with E-state index in [1.54, 1.807) is 0 Å². The molecule has 1 aromatic carbocycles. The Bertz CT molecular complexity index is 1120. The van der Waals surface area contributed by atoms with Gasteiger partial charge in [-0.1, -0.05) is 11.6 Å². The molecule has 29 heavy (non-hydrogen) atoms. The number of carbonyl (C=O) groups is 1. The van der Waals surface area contributed by atoms with Gasteiger partial charge in [0.25, 0.3) is 5.56 Å². The summed E-state index contributed by atoms with van der Waals surface area (Å²) < 4.78 is 52.7. The van der Waals surface area contributed by atoms with Gasteiger partial charge >= 0.3 is 17.8 Å². The highest BCUT2D eigenvalue weighted by Gasteiger charge is 2.46. The maximum absolute atomic E-state index is 14.5. The molecule has 6 nitrogen and oxygen atoms in total. The maximum Gasteiger partial charge on any atom is 0.431 e. The first-order valence-corrected chi connectivity index (χ1v) is 9.39. The van der Waals surface area contributed by atoms with Gasteiger partial charge in [-0.05, 0) is 31.4 Å². The fourth-order valence-corrected chi connectivity index (χ4v) is 4.55. The van der Waals surface area contributed by atoms with E-state index < -0.39 is 45.3 Å². The molecule has 0 amide bonds. The molecule has 1 heterocycles. The second kappa shape index (κ2) is 7.21. The van der Waals surface area contributed by atoms with E-state index in [0.717, 1.165) is 30.9 Å². The van der Waals surface area contributed by atoms with E-state index in [2.05, 4.69) is 0 Å². The Labute approximate surface area is 169 Å². The molecular formula is C17H13ClF4N2O4S. The molecule has 0 saturated heterocycles. The van der Waals surface area contributed by atoms with Crippen LogP contribution in [0.25, 0.3) is 5.69 Å². The molecule has 1 aliphatic rings. The number of hydrogen-bond donors (Lipinski definition) is 1. The molecule has 1 aromatic heterocycles. The first-order valence-electron chi connectivity index (χ1n) is 8.19. The topological polar surface area (TPSA) is 81.3 Å². The van der Waals surface area contributed by atoms with Gasteiger partial charge in [0.1, 0.15) is 16.3 Å². The van der Waals surface area contributed by atoms with Gasteiger partial charge in [-0.15, -0.1) is 11.8 Å². The average Bonchev–Trinajstić information content (AvgIpc) is 2.56. The summed E-state index contributed by atoms with van der Waals surface area (Å²) in [5.41, 5.74) is -4.88. The van der Waals surface area contributed by atoms with Crippen LogP contribution in [-0.2, 0) is 18.0 Å². The molecule has 1 saturated carbocycles. The number of thioether (sulfide) groups is 1. The van der Waals surface area contributed by atoms with Crippen LogP contribution in [-0.4, -0.2) is 25.0 Å². The molecule has 0 spiro atoms. The van der Waals surface area contributed by atoms with E-state index in [0.29, 0.717) is 19.3 Å². The van der Waals surface area contributed by atoms with Crippen molar-refractivity contribution in [2.45, 2.75) is 35.1 Å². The number of rotatable bonds is 4. The Hall–Kier alpha value is -2.27. The number of aromatic nitrogens is 2. The first-order chi connectivity index (χ1) is 13.4. The monoisotopic (exact) mass is 452 g/mol. The van der Waals surface area contributed by atoms with Crippen molar-refractivity contribution in [1.29, 1.82) is 0 Å². The molecule has 2 aromatic rings. The predicted octanol–water partition coefficient (Wildman–Crippen LogP) is 3.45. The van der Waals surface area contributed by atoms with E-state index >= 15 is 0 Å². The van der Waals surface area contributed by atoms with Crippen LogP contribution in [0.15, 0.2) is 32.7 Å². The molecule has 0 unspecified atom stereocenters. The van der Waals surface area contributed by atoms with Crippen LogP contribution in [0.3, 0.4) is 0 Å². The van der Waals surface area contributed by atoms with Crippen molar-refractivity contribution in [3.63, 3.8) is 0 Å². The number of aliphatic carboxylic acids is 1. The SMILES string of the molecule is Cn1c(C(F)(F)F)cc(=O)n(-c2cc(SC3(C(=O)O)CCC3)c(Cl)cc2F)c1=O. The summed E-state index contributed by atoms with van der Waals surface area (Å²) in [6, 6.07) is 1.98. The lowest BCUT2D eigenvalue weighted by atomic mass is 9.84. The fourth-order valence-electron chi connectivity index (χ4n) is 2.96. The zero-order valence-corrected chi connectivity index (χ0v) is 16.3. The molecule has 0 aliphatic heterocycles. The zero-order chi connectivity index (χ0) is 21.7. The van der Waals surface area contributed by atoms with E-state index in [1.165, 1.54) is 0 Å². The van der Waals surface area contributed by atoms with Crippen molar-refractivity contribution in [2.24, 2.45) is 7.05 Å². The van der Waals surface area contributed by atoms with Crippen LogP contribution in [0.4, 0.5) is 17.6 Å². The van der Waals surface area contributed by atoms with Crippen molar-refractivity contribution in [3.05, 3.63) is 55.6 Å². The number of alkyl halides is 3. The predicted molar refractivity (Wildman–Crippen MR) is 97.3 cm³/mol. The van der Waals surface area contributed by atoms with Crippen LogP contribution in [0.5, 0.6) is 0 Å². The van der Waals surface area contributed by atoms with E-state index in [-0.39, 0.29) is 25.1 Å². The third-order valence-corrected chi connectivity index (χ3v) is 6.67. The standard InChI is InChI=1S/C17H13ClF4N2O4S/c1-23-12(17(20,21)22)7-13(25)24(15(23)28)10-6-11(8(18)5-9(10)19)29-16(14(26)27)3-2-4-16/h5-7H,2-4H2,1H3,(H,26,27). The summed E-state index contributed by atoms with van der Waals surface area (Å²) in [6.07, 6.45) is -3.59. The number of benzene rings is 1. The molecule has 12 heteroatoms. The van der Waals surface area contributed by atoms with Crippen LogP contribution in [0, 0.1) is 5.82 Å². The normalized spacial score (nSPS) is 15.8. The molecule has 3 rings (SSSR count). The Morgan fingerprint density at radius 3 is 2.34 bits per heavy atom. The third-order valence-electron chi connectivity index (χ3n) is 4.71. The number of hydrogen-bond acceptors (Lipinski definition) is 4. The van der Waals surface area contributed by atoms with Gasteiger partial charge in [-0.3, -0.25) is 14.2 Å². The Kier molecular flexibility index (Phi) is 5.33. The van der Waals surface area contributed by atoms with Crippen LogP contribution in [0.2, 0.25) is 5.02 Å². The quantitative estimate of drug-likeness (QED) is 0.719. The van der Waals surface area contributed by atoms with Crippen molar-refractivity contribution in [3.8, 4) is 5.69 Å². The lowest BCUT2D eigenvalue weighted by Gasteiger charge is -2.37. The van der Waals surface area contributed by atoms with Gasteiger partial charge in [-0.25, -0.2) is 13.8 Å². The number of carboxylic acids is 1. The summed E-state index contributed by atoms with van der Waals surface area (Å²) in [5, 5.41) is 9.32.